The first-order valence-electron chi connectivity index (χ1n) is 9.39. The summed E-state index contributed by atoms with van der Waals surface area (Å²) in [5, 5.41) is 11.4. The van der Waals surface area contributed by atoms with E-state index >= 15 is 0 Å². The number of amides is 1. The normalized spacial score (nSPS) is 11.1. The maximum Gasteiger partial charge on any atom is 0.420 e. The largest absolute Gasteiger partial charge is 0.420 e. The SMILES string of the molecule is Cc1cc(C)n(-c2ccc(=O)n(CCNC(=O)Cn3c(=O)oc4ccccc43)n2)n1. The lowest BCUT2D eigenvalue weighted by atomic mass is 10.3. The highest BCUT2D eigenvalue weighted by Gasteiger charge is 2.12. The van der Waals surface area contributed by atoms with Gasteiger partial charge in [-0.3, -0.25) is 14.2 Å². The van der Waals surface area contributed by atoms with Gasteiger partial charge in [0, 0.05) is 18.3 Å². The monoisotopic (exact) mass is 408 g/mol. The van der Waals surface area contributed by atoms with Gasteiger partial charge in [0.05, 0.1) is 17.8 Å². The molecule has 0 aliphatic carbocycles. The minimum atomic E-state index is -0.596. The number of carbonyl (C=O) groups is 1. The lowest BCUT2D eigenvalue weighted by Crippen LogP contribution is -2.35. The molecular formula is C20H20N6O4. The van der Waals surface area contributed by atoms with E-state index in [1.165, 1.54) is 15.3 Å². The molecule has 10 nitrogen and oxygen atoms in total. The third-order valence-electron chi connectivity index (χ3n) is 4.60. The number of aromatic nitrogens is 5. The molecule has 0 fully saturated rings. The van der Waals surface area contributed by atoms with Crippen molar-refractivity contribution in [2.45, 2.75) is 26.9 Å². The van der Waals surface area contributed by atoms with Crippen molar-refractivity contribution in [3.05, 3.63) is 74.8 Å². The van der Waals surface area contributed by atoms with Crippen LogP contribution in [0.15, 0.2) is 56.5 Å². The quantitative estimate of drug-likeness (QED) is 0.504. The topological polar surface area (TPSA) is 117 Å². The Morgan fingerprint density at radius 1 is 1.10 bits per heavy atom. The summed E-state index contributed by atoms with van der Waals surface area (Å²) >= 11 is 0. The number of hydrogen-bond acceptors (Lipinski definition) is 6. The summed E-state index contributed by atoms with van der Waals surface area (Å²) in [5.74, 6) is -0.448. The zero-order valence-corrected chi connectivity index (χ0v) is 16.5. The van der Waals surface area contributed by atoms with Gasteiger partial charge in [0.1, 0.15) is 6.54 Å². The van der Waals surface area contributed by atoms with Crippen LogP contribution in [-0.4, -0.2) is 36.6 Å². The number of oxazole rings is 1. The molecule has 0 radical (unpaired) electrons. The number of fused-ring (bicyclic) bond motifs is 1. The van der Waals surface area contributed by atoms with Crippen LogP contribution in [0.4, 0.5) is 0 Å². The Hall–Kier alpha value is -3.95. The van der Waals surface area contributed by atoms with Gasteiger partial charge in [-0.05, 0) is 38.1 Å². The summed E-state index contributed by atoms with van der Waals surface area (Å²) in [6, 6.07) is 11.8. The second-order valence-corrected chi connectivity index (χ2v) is 6.86. The number of hydrogen-bond donors (Lipinski definition) is 1. The average molecular weight is 408 g/mol. The lowest BCUT2D eigenvalue weighted by Gasteiger charge is -2.09. The molecule has 3 aromatic heterocycles. The van der Waals surface area contributed by atoms with Gasteiger partial charge in [0.2, 0.25) is 5.91 Å². The van der Waals surface area contributed by atoms with Crippen LogP contribution in [0.3, 0.4) is 0 Å². The Morgan fingerprint density at radius 2 is 1.90 bits per heavy atom. The molecule has 0 bridgehead atoms. The number of nitrogens with zero attached hydrogens (tertiary/aromatic N) is 5. The van der Waals surface area contributed by atoms with Gasteiger partial charge in [-0.1, -0.05) is 12.1 Å². The van der Waals surface area contributed by atoms with Crippen molar-refractivity contribution < 1.29 is 9.21 Å². The van der Waals surface area contributed by atoms with Crippen LogP contribution >= 0.6 is 0 Å². The molecule has 4 aromatic rings. The van der Waals surface area contributed by atoms with Crippen molar-refractivity contribution in [1.82, 2.24) is 29.4 Å². The van der Waals surface area contributed by atoms with E-state index in [1.54, 1.807) is 35.0 Å². The fourth-order valence-electron chi connectivity index (χ4n) is 3.24. The molecule has 1 N–H and O–H groups in total. The van der Waals surface area contributed by atoms with Gasteiger partial charge in [-0.2, -0.15) is 5.10 Å². The predicted octanol–water partition coefficient (Wildman–Crippen LogP) is 0.770. The van der Waals surface area contributed by atoms with E-state index in [1.807, 2.05) is 19.9 Å². The fraction of sp³-hybridized carbons (Fsp3) is 0.250. The first-order valence-corrected chi connectivity index (χ1v) is 9.39. The van der Waals surface area contributed by atoms with Crippen LogP contribution in [0.1, 0.15) is 11.4 Å². The van der Waals surface area contributed by atoms with Crippen LogP contribution < -0.4 is 16.6 Å². The first kappa shape index (κ1) is 19.4. The second-order valence-electron chi connectivity index (χ2n) is 6.86. The maximum atomic E-state index is 12.3. The molecule has 10 heteroatoms. The van der Waals surface area contributed by atoms with E-state index in [0.29, 0.717) is 16.9 Å². The summed E-state index contributed by atoms with van der Waals surface area (Å²) in [4.78, 5) is 36.4. The Labute approximate surface area is 170 Å². The summed E-state index contributed by atoms with van der Waals surface area (Å²) in [6.45, 7) is 3.96. The third-order valence-corrected chi connectivity index (χ3v) is 4.60. The zero-order valence-electron chi connectivity index (χ0n) is 16.5. The van der Waals surface area contributed by atoms with Crippen molar-refractivity contribution in [2.75, 3.05) is 6.54 Å². The first-order chi connectivity index (χ1) is 14.4. The summed E-state index contributed by atoms with van der Waals surface area (Å²) in [7, 11) is 0. The Bertz CT molecular complexity index is 1340. The molecule has 30 heavy (non-hydrogen) atoms. The van der Waals surface area contributed by atoms with Gasteiger partial charge >= 0.3 is 5.76 Å². The van der Waals surface area contributed by atoms with E-state index in [0.717, 1.165) is 11.4 Å². The van der Waals surface area contributed by atoms with Crippen molar-refractivity contribution in [2.24, 2.45) is 0 Å². The van der Waals surface area contributed by atoms with E-state index in [-0.39, 0.29) is 31.1 Å². The molecule has 0 unspecified atom stereocenters. The highest BCUT2D eigenvalue weighted by atomic mass is 16.4. The van der Waals surface area contributed by atoms with E-state index in [2.05, 4.69) is 15.5 Å². The summed E-state index contributed by atoms with van der Waals surface area (Å²) in [5.41, 5.74) is 2.43. The van der Waals surface area contributed by atoms with Crippen molar-refractivity contribution in [3.8, 4) is 5.82 Å². The smallest absolute Gasteiger partial charge is 0.408 e. The third kappa shape index (κ3) is 3.79. The van der Waals surface area contributed by atoms with E-state index in [4.69, 9.17) is 4.42 Å². The van der Waals surface area contributed by atoms with Crippen LogP contribution in [0.5, 0.6) is 0 Å². The number of aryl methyl sites for hydroxylation is 2. The number of benzene rings is 1. The Kier molecular flexibility index (Phi) is 5.05. The molecule has 0 aliphatic heterocycles. The summed E-state index contributed by atoms with van der Waals surface area (Å²) < 4.78 is 9.30. The molecular weight excluding hydrogens is 388 g/mol. The molecule has 0 spiro atoms. The van der Waals surface area contributed by atoms with Crippen molar-refractivity contribution in [1.29, 1.82) is 0 Å². The average Bonchev–Trinajstić information content (AvgIpc) is 3.21. The van der Waals surface area contributed by atoms with Gasteiger partial charge in [0.25, 0.3) is 5.56 Å². The second kappa shape index (κ2) is 7.82. The molecule has 3 heterocycles. The number of para-hydroxylation sites is 2. The van der Waals surface area contributed by atoms with Crippen LogP contribution in [0, 0.1) is 13.8 Å². The minimum absolute atomic E-state index is 0.177. The molecule has 1 aromatic carbocycles. The summed E-state index contributed by atoms with van der Waals surface area (Å²) in [6.07, 6.45) is 0. The molecule has 4 rings (SSSR count). The Morgan fingerprint density at radius 3 is 2.67 bits per heavy atom. The molecule has 0 saturated heterocycles. The fourth-order valence-corrected chi connectivity index (χ4v) is 3.24. The Balaban J connectivity index is 1.43. The van der Waals surface area contributed by atoms with Crippen LogP contribution in [0.25, 0.3) is 16.9 Å². The number of rotatable bonds is 6. The standard InChI is InChI=1S/C20H20N6O4/c1-13-11-14(2)26(22-13)17-7-8-19(28)25(23-17)10-9-21-18(27)12-24-15-5-3-4-6-16(15)30-20(24)29/h3-8,11H,9-10,12H2,1-2H3,(H,21,27). The van der Waals surface area contributed by atoms with Gasteiger partial charge in [0.15, 0.2) is 11.4 Å². The number of nitrogens with one attached hydrogen (secondary N) is 1. The predicted molar refractivity (Wildman–Crippen MR) is 109 cm³/mol. The van der Waals surface area contributed by atoms with Gasteiger partial charge in [-0.25, -0.2) is 14.2 Å². The van der Waals surface area contributed by atoms with E-state index in [9.17, 15) is 14.4 Å². The highest BCUT2D eigenvalue weighted by molar-refractivity contribution is 5.79. The minimum Gasteiger partial charge on any atom is -0.408 e. The molecule has 1 amide bonds. The molecule has 0 saturated carbocycles. The molecule has 0 aliphatic rings. The lowest BCUT2D eigenvalue weighted by molar-refractivity contribution is -0.121. The molecule has 0 atom stereocenters. The van der Waals surface area contributed by atoms with Crippen LogP contribution in [0.2, 0.25) is 0 Å². The van der Waals surface area contributed by atoms with Crippen molar-refractivity contribution >= 4 is 17.0 Å². The van der Waals surface area contributed by atoms with E-state index < -0.39 is 5.76 Å². The number of carbonyl (C=O) groups excluding carboxylic acids is 1. The van der Waals surface area contributed by atoms with Crippen molar-refractivity contribution in [3.63, 3.8) is 0 Å². The van der Waals surface area contributed by atoms with Gasteiger partial charge < -0.3 is 9.73 Å². The van der Waals surface area contributed by atoms with Crippen LogP contribution in [-0.2, 0) is 17.9 Å². The molecule has 154 valence electrons. The van der Waals surface area contributed by atoms with Gasteiger partial charge in [-0.15, -0.1) is 5.10 Å². The highest BCUT2D eigenvalue weighted by Crippen LogP contribution is 2.11. The maximum absolute atomic E-state index is 12.3. The zero-order chi connectivity index (χ0) is 21.3.